The maximum atomic E-state index is 11.6. The van der Waals surface area contributed by atoms with E-state index in [2.05, 4.69) is 25.5 Å². The lowest BCUT2D eigenvalue weighted by Crippen LogP contribution is -2.51. The van der Waals surface area contributed by atoms with Crippen molar-refractivity contribution in [2.45, 2.75) is 0 Å². The molecule has 1 fully saturated rings. The van der Waals surface area contributed by atoms with Crippen molar-refractivity contribution in [2.24, 2.45) is 0 Å². The van der Waals surface area contributed by atoms with Crippen molar-refractivity contribution in [3.05, 3.63) is 18.6 Å². The van der Waals surface area contributed by atoms with Crippen LogP contribution in [0.2, 0.25) is 0 Å². The number of carbonyl (C=O) groups is 2. The molecule has 0 radical (unpaired) electrons. The molecule has 1 saturated heterocycles. The van der Waals surface area contributed by atoms with E-state index >= 15 is 0 Å². The first kappa shape index (κ1) is 14.2. The molecule has 8 heteroatoms. The van der Waals surface area contributed by atoms with E-state index in [0.717, 1.165) is 32.0 Å². The molecule has 1 aromatic heterocycles. The van der Waals surface area contributed by atoms with E-state index in [1.807, 2.05) is 4.90 Å². The third-order valence-corrected chi connectivity index (χ3v) is 3.09. The highest BCUT2D eigenvalue weighted by Gasteiger charge is 2.20. The quantitative estimate of drug-likeness (QED) is 0.741. The summed E-state index contributed by atoms with van der Waals surface area (Å²) in [6.45, 7) is 3.29. The SMILES string of the molecule is CNC(=O)NC(=O)CN1CCN(c2cnccn2)CC1. The van der Waals surface area contributed by atoms with Crippen molar-refractivity contribution in [3.63, 3.8) is 0 Å². The number of nitrogens with one attached hydrogen (secondary N) is 2. The number of imide groups is 1. The largest absolute Gasteiger partial charge is 0.353 e. The lowest BCUT2D eigenvalue weighted by atomic mass is 10.3. The zero-order valence-electron chi connectivity index (χ0n) is 11.4. The molecule has 0 unspecified atom stereocenters. The molecule has 0 saturated carbocycles. The van der Waals surface area contributed by atoms with Gasteiger partial charge in [0.25, 0.3) is 0 Å². The summed E-state index contributed by atoms with van der Waals surface area (Å²) in [4.78, 5) is 35.0. The lowest BCUT2D eigenvalue weighted by molar-refractivity contribution is -0.121. The topological polar surface area (TPSA) is 90.5 Å². The zero-order chi connectivity index (χ0) is 14.4. The van der Waals surface area contributed by atoms with E-state index in [9.17, 15) is 9.59 Å². The minimum Gasteiger partial charge on any atom is -0.353 e. The van der Waals surface area contributed by atoms with Crippen LogP contribution in [0.3, 0.4) is 0 Å². The van der Waals surface area contributed by atoms with Crippen LogP contribution in [0.5, 0.6) is 0 Å². The van der Waals surface area contributed by atoms with Gasteiger partial charge in [0, 0.05) is 45.6 Å². The molecule has 2 heterocycles. The predicted molar refractivity (Wildman–Crippen MR) is 73.3 cm³/mol. The first-order valence-electron chi connectivity index (χ1n) is 6.44. The predicted octanol–water partition coefficient (Wildman–Crippen LogP) is -0.946. The number of piperazine rings is 1. The second-order valence-corrected chi connectivity index (χ2v) is 4.45. The molecular weight excluding hydrogens is 260 g/mol. The van der Waals surface area contributed by atoms with Gasteiger partial charge >= 0.3 is 6.03 Å². The molecule has 0 bridgehead atoms. The summed E-state index contributed by atoms with van der Waals surface area (Å²) in [6.07, 6.45) is 5.04. The van der Waals surface area contributed by atoms with Gasteiger partial charge in [-0.15, -0.1) is 0 Å². The van der Waals surface area contributed by atoms with Gasteiger partial charge in [0.2, 0.25) is 5.91 Å². The van der Waals surface area contributed by atoms with Gasteiger partial charge in [0.1, 0.15) is 5.82 Å². The monoisotopic (exact) mass is 278 g/mol. The van der Waals surface area contributed by atoms with Crippen molar-refractivity contribution in [1.29, 1.82) is 0 Å². The van der Waals surface area contributed by atoms with E-state index in [1.54, 1.807) is 18.6 Å². The number of nitrogens with zero attached hydrogens (tertiary/aromatic N) is 4. The molecule has 0 atom stereocenters. The Bertz CT molecular complexity index is 458. The fraction of sp³-hybridized carbons (Fsp3) is 0.500. The van der Waals surface area contributed by atoms with Crippen molar-refractivity contribution in [3.8, 4) is 0 Å². The second-order valence-electron chi connectivity index (χ2n) is 4.45. The van der Waals surface area contributed by atoms with Crippen LogP contribution in [0.15, 0.2) is 18.6 Å². The van der Waals surface area contributed by atoms with Crippen molar-refractivity contribution in [1.82, 2.24) is 25.5 Å². The van der Waals surface area contributed by atoms with Gasteiger partial charge < -0.3 is 10.2 Å². The van der Waals surface area contributed by atoms with Crippen LogP contribution in [0, 0.1) is 0 Å². The summed E-state index contributed by atoms with van der Waals surface area (Å²) < 4.78 is 0. The van der Waals surface area contributed by atoms with Gasteiger partial charge in [-0.3, -0.25) is 20.0 Å². The number of amides is 3. The highest BCUT2D eigenvalue weighted by atomic mass is 16.2. The average molecular weight is 278 g/mol. The van der Waals surface area contributed by atoms with Crippen LogP contribution in [-0.2, 0) is 4.79 Å². The highest BCUT2D eigenvalue weighted by Crippen LogP contribution is 2.10. The van der Waals surface area contributed by atoms with Gasteiger partial charge in [-0.05, 0) is 0 Å². The Morgan fingerprint density at radius 3 is 2.60 bits per heavy atom. The molecule has 0 aliphatic carbocycles. The number of carbonyl (C=O) groups excluding carboxylic acids is 2. The second kappa shape index (κ2) is 6.80. The number of anilines is 1. The molecule has 3 amide bonds. The fourth-order valence-corrected chi connectivity index (χ4v) is 2.02. The molecule has 1 aromatic rings. The van der Waals surface area contributed by atoms with Crippen LogP contribution >= 0.6 is 0 Å². The lowest BCUT2D eigenvalue weighted by Gasteiger charge is -2.34. The van der Waals surface area contributed by atoms with Crippen LogP contribution in [-0.4, -0.2) is 66.6 Å². The molecule has 0 aromatic carbocycles. The number of hydrogen-bond acceptors (Lipinski definition) is 6. The highest BCUT2D eigenvalue weighted by molar-refractivity contribution is 5.95. The van der Waals surface area contributed by atoms with E-state index < -0.39 is 6.03 Å². The Morgan fingerprint density at radius 2 is 2.00 bits per heavy atom. The third kappa shape index (κ3) is 3.89. The first-order chi connectivity index (χ1) is 9.69. The van der Waals surface area contributed by atoms with Crippen molar-refractivity contribution < 1.29 is 9.59 Å². The molecule has 108 valence electrons. The third-order valence-electron chi connectivity index (χ3n) is 3.09. The summed E-state index contributed by atoms with van der Waals surface area (Å²) in [5, 5.41) is 4.60. The first-order valence-corrected chi connectivity index (χ1v) is 6.44. The van der Waals surface area contributed by atoms with Gasteiger partial charge in [0.15, 0.2) is 0 Å². The van der Waals surface area contributed by atoms with Gasteiger partial charge in [-0.25, -0.2) is 9.78 Å². The summed E-state index contributed by atoms with van der Waals surface area (Å²) in [6, 6.07) is -0.479. The molecule has 1 aliphatic rings. The molecule has 2 N–H and O–H groups in total. The summed E-state index contributed by atoms with van der Waals surface area (Å²) >= 11 is 0. The molecule has 0 spiro atoms. The van der Waals surface area contributed by atoms with E-state index in [4.69, 9.17) is 0 Å². The Balaban J connectivity index is 1.77. The molecule has 1 aliphatic heterocycles. The van der Waals surface area contributed by atoms with Crippen LogP contribution < -0.4 is 15.5 Å². The van der Waals surface area contributed by atoms with Gasteiger partial charge in [-0.2, -0.15) is 0 Å². The zero-order valence-corrected chi connectivity index (χ0v) is 11.4. The van der Waals surface area contributed by atoms with Crippen LogP contribution in [0.25, 0.3) is 0 Å². The summed E-state index contributed by atoms with van der Waals surface area (Å²) in [5.74, 6) is 0.555. The molecular formula is C12H18N6O2. The number of urea groups is 1. The van der Waals surface area contributed by atoms with E-state index in [0.29, 0.717) is 0 Å². The Kier molecular flexibility index (Phi) is 4.83. The number of rotatable bonds is 3. The smallest absolute Gasteiger partial charge is 0.321 e. The minimum absolute atomic E-state index is 0.224. The average Bonchev–Trinajstić information content (AvgIpc) is 2.48. The maximum absolute atomic E-state index is 11.6. The van der Waals surface area contributed by atoms with Crippen molar-refractivity contribution >= 4 is 17.8 Å². The molecule has 2 rings (SSSR count). The van der Waals surface area contributed by atoms with E-state index in [-0.39, 0.29) is 12.5 Å². The summed E-state index contributed by atoms with van der Waals surface area (Å²) in [7, 11) is 1.47. The van der Waals surface area contributed by atoms with Crippen molar-refractivity contribution in [2.75, 3.05) is 44.7 Å². The van der Waals surface area contributed by atoms with Crippen LogP contribution in [0.1, 0.15) is 0 Å². The standard InChI is InChI=1S/C12H18N6O2/c1-13-12(20)16-11(19)9-17-4-6-18(7-5-17)10-8-14-2-3-15-10/h2-3,8H,4-7,9H2,1H3,(H2,13,16,19,20). The number of aromatic nitrogens is 2. The fourth-order valence-electron chi connectivity index (χ4n) is 2.02. The summed E-state index contributed by atoms with van der Waals surface area (Å²) in [5.41, 5.74) is 0. The van der Waals surface area contributed by atoms with E-state index in [1.165, 1.54) is 7.05 Å². The van der Waals surface area contributed by atoms with Crippen LogP contribution in [0.4, 0.5) is 10.6 Å². The Hall–Kier alpha value is -2.22. The Morgan fingerprint density at radius 1 is 1.25 bits per heavy atom. The van der Waals surface area contributed by atoms with Gasteiger partial charge in [-0.1, -0.05) is 0 Å². The minimum atomic E-state index is -0.479. The maximum Gasteiger partial charge on any atom is 0.321 e. The van der Waals surface area contributed by atoms with Gasteiger partial charge in [0.05, 0.1) is 12.7 Å². The number of hydrogen-bond donors (Lipinski definition) is 2. The molecule has 8 nitrogen and oxygen atoms in total. The Labute approximate surface area is 117 Å². The normalized spacial score (nSPS) is 15.8. The molecule has 20 heavy (non-hydrogen) atoms.